The number of hydrogen-bond acceptors (Lipinski definition) is 7. The van der Waals surface area contributed by atoms with Gasteiger partial charge in [0, 0.05) is 5.56 Å². The Hall–Kier alpha value is -3.08. The van der Waals surface area contributed by atoms with E-state index in [-0.39, 0.29) is 18.0 Å². The molecule has 0 fully saturated rings. The molecule has 11 heteroatoms. The lowest BCUT2D eigenvalue weighted by Crippen LogP contribution is -2.13. The van der Waals surface area contributed by atoms with Crippen LogP contribution in [0.5, 0.6) is 0 Å². The van der Waals surface area contributed by atoms with Crippen LogP contribution >= 0.6 is 11.3 Å². The number of hydrogen-bond donors (Lipinski definition) is 1. The summed E-state index contributed by atoms with van der Waals surface area (Å²) in [6.07, 6.45) is -4.63. The van der Waals surface area contributed by atoms with Gasteiger partial charge in [-0.05, 0) is 12.1 Å². The Morgan fingerprint density at radius 1 is 0.962 bits per heavy atom. The lowest BCUT2D eigenvalue weighted by Gasteiger charge is -2.06. The molecule has 26 heavy (non-hydrogen) atoms. The second-order valence-corrected chi connectivity index (χ2v) is 6.29. The Bertz CT molecular complexity index is 1040. The van der Waals surface area contributed by atoms with Crippen LogP contribution in [0.1, 0.15) is 10.8 Å². The van der Waals surface area contributed by atoms with Crippen molar-refractivity contribution in [3.63, 3.8) is 0 Å². The van der Waals surface area contributed by atoms with Crippen LogP contribution in [0, 0.1) is 0 Å². The monoisotopic (exact) mass is 377 g/mol. The first-order valence-electron chi connectivity index (χ1n) is 7.42. The van der Waals surface area contributed by atoms with Gasteiger partial charge in [0.2, 0.25) is 0 Å². The Kier molecular flexibility index (Phi) is 3.99. The van der Waals surface area contributed by atoms with Crippen LogP contribution in [0.3, 0.4) is 0 Å². The normalized spacial score (nSPS) is 11.8. The van der Waals surface area contributed by atoms with Gasteiger partial charge < -0.3 is 5.32 Å². The molecule has 3 heterocycles. The number of alkyl halides is 3. The van der Waals surface area contributed by atoms with E-state index in [9.17, 15) is 13.2 Å². The molecule has 132 valence electrons. The summed E-state index contributed by atoms with van der Waals surface area (Å²) < 4.78 is 39.4. The van der Waals surface area contributed by atoms with Crippen LogP contribution in [-0.2, 0) is 12.7 Å². The molecule has 1 aromatic carbocycles. The zero-order chi connectivity index (χ0) is 18.1. The van der Waals surface area contributed by atoms with Gasteiger partial charge in [0.05, 0.1) is 6.54 Å². The molecule has 7 nitrogen and oxygen atoms in total. The molecule has 0 aliphatic rings. The van der Waals surface area contributed by atoms with Crippen LogP contribution in [0.25, 0.3) is 16.2 Å². The lowest BCUT2D eigenvalue weighted by atomic mass is 10.2. The van der Waals surface area contributed by atoms with Gasteiger partial charge in [0.25, 0.3) is 5.82 Å². The summed E-state index contributed by atoms with van der Waals surface area (Å²) in [5.74, 6) is -0.919. The Labute approximate surface area is 148 Å². The summed E-state index contributed by atoms with van der Waals surface area (Å²) in [5.41, 5.74) is 0.972. The molecular weight excluding hydrogens is 367 g/mol. The van der Waals surface area contributed by atoms with E-state index in [1.165, 1.54) is 23.5 Å². The minimum absolute atomic E-state index is 0.0187. The summed E-state index contributed by atoms with van der Waals surface area (Å²) >= 11 is 1.39. The van der Waals surface area contributed by atoms with Gasteiger partial charge in [-0.25, -0.2) is 0 Å². The van der Waals surface area contributed by atoms with Crippen molar-refractivity contribution in [1.29, 1.82) is 0 Å². The minimum atomic E-state index is -4.63. The zero-order valence-corrected chi connectivity index (χ0v) is 13.8. The summed E-state index contributed by atoms with van der Waals surface area (Å²) in [5, 5.41) is 23.1. The van der Waals surface area contributed by atoms with Crippen LogP contribution in [-0.4, -0.2) is 30.0 Å². The fraction of sp³-hybridized carbons (Fsp3) is 0.133. The maximum atomic E-state index is 12.9. The number of aromatic nitrogens is 6. The van der Waals surface area contributed by atoms with Crippen molar-refractivity contribution in [2.75, 3.05) is 5.32 Å². The molecule has 0 amide bonds. The number of halogens is 3. The summed E-state index contributed by atoms with van der Waals surface area (Å²) in [7, 11) is 0. The lowest BCUT2D eigenvalue weighted by molar-refractivity contribution is -0.146. The van der Waals surface area contributed by atoms with E-state index in [1.807, 2.05) is 30.3 Å². The predicted molar refractivity (Wildman–Crippen MR) is 88.5 cm³/mol. The molecule has 0 radical (unpaired) electrons. The van der Waals surface area contributed by atoms with Crippen molar-refractivity contribution in [3.8, 4) is 10.6 Å². The van der Waals surface area contributed by atoms with Gasteiger partial charge in [0.1, 0.15) is 15.8 Å². The molecule has 0 atom stereocenters. The molecule has 0 spiro atoms. The molecular formula is C15H10F3N7S. The third-order valence-corrected chi connectivity index (χ3v) is 4.40. The Morgan fingerprint density at radius 3 is 2.54 bits per heavy atom. The van der Waals surface area contributed by atoms with Crippen LogP contribution in [0.2, 0.25) is 0 Å². The Balaban J connectivity index is 1.52. The summed E-state index contributed by atoms with van der Waals surface area (Å²) in [6, 6.07) is 12.5. The van der Waals surface area contributed by atoms with E-state index in [4.69, 9.17) is 0 Å². The highest BCUT2D eigenvalue weighted by molar-refractivity contribution is 7.14. The molecule has 4 aromatic rings. The number of nitrogens with one attached hydrogen (secondary N) is 1. The van der Waals surface area contributed by atoms with Gasteiger partial charge in [-0.2, -0.15) is 17.7 Å². The van der Waals surface area contributed by atoms with Gasteiger partial charge in [-0.15, -0.1) is 25.5 Å². The number of rotatable bonds is 4. The van der Waals surface area contributed by atoms with E-state index >= 15 is 0 Å². The molecule has 0 unspecified atom stereocenters. The van der Waals surface area contributed by atoms with Crippen molar-refractivity contribution in [3.05, 3.63) is 53.3 Å². The van der Waals surface area contributed by atoms with Crippen molar-refractivity contribution >= 4 is 22.8 Å². The topological polar surface area (TPSA) is 80.9 Å². The molecule has 0 aliphatic carbocycles. The number of nitrogens with zero attached hydrogens (tertiary/aromatic N) is 6. The van der Waals surface area contributed by atoms with Gasteiger partial charge in [-0.1, -0.05) is 41.7 Å². The first kappa shape index (κ1) is 16.4. The van der Waals surface area contributed by atoms with Crippen molar-refractivity contribution in [2.24, 2.45) is 0 Å². The van der Waals surface area contributed by atoms with Crippen LogP contribution < -0.4 is 5.32 Å². The smallest absolute Gasteiger partial charge is 0.362 e. The van der Waals surface area contributed by atoms with Crippen molar-refractivity contribution in [2.45, 2.75) is 12.7 Å². The fourth-order valence-corrected chi connectivity index (χ4v) is 3.03. The SMILES string of the molecule is FC(F)(F)c1nnc2ccc(NCc3nnc(-c4ccccc4)s3)nn12. The first-order chi connectivity index (χ1) is 12.5. The van der Waals surface area contributed by atoms with Crippen LogP contribution in [0.15, 0.2) is 42.5 Å². The zero-order valence-electron chi connectivity index (χ0n) is 13.0. The maximum Gasteiger partial charge on any atom is 0.453 e. The highest BCUT2D eigenvalue weighted by Gasteiger charge is 2.37. The largest absolute Gasteiger partial charge is 0.453 e. The second-order valence-electron chi connectivity index (χ2n) is 5.23. The summed E-state index contributed by atoms with van der Waals surface area (Å²) in [6.45, 7) is 0.284. The molecule has 0 aliphatic heterocycles. The Morgan fingerprint density at radius 2 is 1.77 bits per heavy atom. The minimum Gasteiger partial charge on any atom is -0.362 e. The molecule has 0 saturated carbocycles. The average Bonchev–Trinajstić information content (AvgIpc) is 3.27. The van der Waals surface area contributed by atoms with E-state index in [2.05, 4.69) is 30.8 Å². The van der Waals surface area contributed by atoms with Gasteiger partial charge in [0.15, 0.2) is 5.65 Å². The second kappa shape index (κ2) is 6.33. The van der Waals surface area contributed by atoms with Crippen molar-refractivity contribution < 1.29 is 13.2 Å². The molecule has 1 N–H and O–H groups in total. The average molecular weight is 377 g/mol. The predicted octanol–water partition coefficient (Wildman–Crippen LogP) is 3.27. The number of anilines is 1. The fourth-order valence-electron chi connectivity index (χ4n) is 2.25. The van der Waals surface area contributed by atoms with Gasteiger partial charge in [-0.3, -0.25) is 0 Å². The van der Waals surface area contributed by atoms with E-state index in [1.54, 1.807) is 0 Å². The quantitative estimate of drug-likeness (QED) is 0.588. The highest BCUT2D eigenvalue weighted by Crippen LogP contribution is 2.28. The number of fused-ring (bicyclic) bond motifs is 1. The molecule has 0 bridgehead atoms. The van der Waals surface area contributed by atoms with Crippen LogP contribution in [0.4, 0.5) is 19.0 Å². The molecule has 3 aromatic heterocycles. The molecule has 0 saturated heterocycles. The maximum absolute atomic E-state index is 12.9. The third kappa shape index (κ3) is 3.20. The van der Waals surface area contributed by atoms with Crippen molar-refractivity contribution in [1.82, 2.24) is 30.0 Å². The van der Waals surface area contributed by atoms with E-state index in [0.29, 0.717) is 9.52 Å². The van der Waals surface area contributed by atoms with Gasteiger partial charge >= 0.3 is 6.18 Å². The molecule has 4 rings (SSSR count). The summed E-state index contributed by atoms with van der Waals surface area (Å²) in [4.78, 5) is 0. The third-order valence-electron chi connectivity index (χ3n) is 3.42. The van der Waals surface area contributed by atoms with E-state index < -0.39 is 12.0 Å². The van der Waals surface area contributed by atoms with E-state index in [0.717, 1.165) is 10.6 Å². The first-order valence-corrected chi connectivity index (χ1v) is 8.24. The highest BCUT2D eigenvalue weighted by atomic mass is 32.1. The standard InChI is InChI=1S/C15H10F3N7S/c16-15(17,18)14-23-20-11-7-6-10(24-25(11)14)19-8-12-21-22-13(26-12)9-4-2-1-3-5-9/h1-7H,8H2,(H,19,24). The number of benzene rings is 1.